The Balaban J connectivity index is 1.98. The van der Waals surface area contributed by atoms with Crippen molar-refractivity contribution in [1.29, 1.82) is 0 Å². The Morgan fingerprint density at radius 3 is 2.81 bits per heavy atom. The van der Waals surface area contributed by atoms with E-state index in [1.807, 2.05) is 6.92 Å². The number of nitrogens with zero attached hydrogens (tertiary/aromatic N) is 1. The molecule has 2 rings (SSSR count). The molecule has 4 heteroatoms. The summed E-state index contributed by atoms with van der Waals surface area (Å²) in [5, 5.41) is 0. The van der Waals surface area contributed by atoms with Crippen LogP contribution in [0.3, 0.4) is 0 Å². The molecular weight excluding hydrogens is 204 g/mol. The molecular formula is C12H18N2O2. The van der Waals surface area contributed by atoms with Crippen molar-refractivity contribution >= 4 is 5.91 Å². The number of rotatable bonds is 3. The summed E-state index contributed by atoms with van der Waals surface area (Å²) in [6, 6.07) is 1.80. The van der Waals surface area contributed by atoms with Crippen molar-refractivity contribution in [2.24, 2.45) is 5.73 Å². The van der Waals surface area contributed by atoms with E-state index in [0.29, 0.717) is 18.8 Å². The first-order chi connectivity index (χ1) is 7.56. The van der Waals surface area contributed by atoms with Crippen LogP contribution >= 0.6 is 0 Å². The van der Waals surface area contributed by atoms with Gasteiger partial charge in [-0.3, -0.25) is 4.79 Å². The summed E-state index contributed by atoms with van der Waals surface area (Å²) >= 11 is 0. The molecule has 16 heavy (non-hydrogen) atoms. The summed E-state index contributed by atoms with van der Waals surface area (Å²) in [5.41, 5.74) is 6.82. The molecule has 88 valence electrons. The average Bonchev–Trinajstić information content (AvgIpc) is 2.60. The number of carbonyl (C=O) groups excluding carboxylic acids is 1. The molecule has 0 saturated carbocycles. The minimum absolute atomic E-state index is 0.0420. The molecule has 1 aliphatic heterocycles. The first-order valence-corrected chi connectivity index (χ1v) is 5.68. The molecule has 0 unspecified atom stereocenters. The molecule has 0 atom stereocenters. The Kier molecular flexibility index (Phi) is 2.76. The number of carbonyl (C=O) groups is 1. The number of hydrogen-bond acceptors (Lipinski definition) is 3. The van der Waals surface area contributed by atoms with Crippen molar-refractivity contribution in [3.63, 3.8) is 0 Å². The van der Waals surface area contributed by atoms with Crippen LogP contribution in [0.25, 0.3) is 0 Å². The number of amides is 1. The predicted molar refractivity (Wildman–Crippen MR) is 61.2 cm³/mol. The van der Waals surface area contributed by atoms with Crippen molar-refractivity contribution in [3.8, 4) is 0 Å². The third-order valence-corrected chi connectivity index (χ3v) is 3.10. The molecule has 4 nitrogen and oxygen atoms in total. The van der Waals surface area contributed by atoms with Gasteiger partial charge in [-0.1, -0.05) is 13.3 Å². The first-order valence-electron chi connectivity index (χ1n) is 5.68. The zero-order valence-corrected chi connectivity index (χ0v) is 9.82. The maximum Gasteiger partial charge on any atom is 0.289 e. The van der Waals surface area contributed by atoms with Crippen LogP contribution < -0.4 is 5.73 Å². The van der Waals surface area contributed by atoms with Crippen LogP contribution in [-0.2, 0) is 0 Å². The van der Waals surface area contributed by atoms with Gasteiger partial charge in [-0.2, -0.15) is 0 Å². The lowest BCUT2D eigenvalue weighted by Gasteiger charge is -2.47. The fraction of sp³-hybridized carbons (Fsp3) is 0.583. The highest BCUT2D eigenvalue weighted by atomic mass is 16.3. The van der Waals surface area contributed by atoms with Crippen LogP contribution in [0, 0.1) is 6.92 Å². The van der Waals surface area contributed by atoms with E-state index >= 15 is 0 Å². The van der Waals surface area contributed by atoms with Crippen molar-refractivity contribution in [1.82, 2.24) is 4.90 Å². The summed E-state index contributed by atoms with van der Waals surface area (Å²) in [4.78, 5) is 13.7. The molecule has 0 aromatic carbocycles. The molecule has 0 aliphatic carbocycles. The van der Waals surface area contributed by atoms with Gasteiger partial charge in [0.1, 0.15) is 0 Å². The molecule has 0 bridgehead atoms. The van der Waals surface area contributed by atoms with Gasteiger partial charge in [0.25, 0.3) is 5.91 Å². The topological polar surface area (TPSA) is 59.5 Å². The second kappa shape index (κ2) is 3.94. The van der Waals surface area contributed by atoms with Crippen LogP contribution in [0.5, 0.6) is 0 Å². The second-order valence-corrected chi connectivity index (χ2v) is 4.71. The summed E-state index contributed by atoms with van der Waals surface area (Å²) in [5.74, 6) is 0.401. The standard InChI is InChI=1S/C12H18N2O2/c1-3-5-12(13)7-14(8-12)11(15)10-9(2)4-6-16-10/h4,6H,3,5,7-8,13H2,1-2H3. The Morgan fingerprint density at radius 2 is 2.31 bits per heavy atom. The fourth-order valence-electron chi connectivity index (χ4n) is 2.25. The molecule has 1 saturated heterocycles. The molecule has 1 fully saturated rings. The minimum Gasteiger partial charge on any atom is -0.459 e. The monoisotopic (exact) mass is 222 g/mol. The Bertz CT molecular complexity index is 391. The summed E-state index contributed by atoms with van der Waals surface area (Å²) in [6.45, 7) is 5.26. The van der Waals surface area contributed by atoms with Crippen LogP contribution in [0.4, 0.5) is 0 Å². The number of hydrogen-bond donors (Lipinski definition) is 1. The molecule has 0 spiro atoms. The number of furan rings is 1. The van der Waals surface area contributed by atoms with E-state index in [4.69, 9.17) is 10.2 Å². The largest absolute Gasteiger partial charge is 0.459 e. The molecule has 1 aromatic rings. The van der Waals surface area contributed by atoms with Crippen molar-refractivity contribution < 1.29 is 9.21 Å². The minimum atomic E-state index is -0.176. The third-order valence-electron chi connectivity index (χ3n) is 3.10. The molecule has 2 heterocycles. The summed E-state index contributed by atoms with van der Waals surface area (Å²) in [7, 11) is 0. The Labute approximate surface area is 95.4 Å². The Morgan fingerprint density at radius 1 is 1.62 bits per heavy atom. The van der Waals surface area contributed by atoms with Crippen molar-refractivity contribution in [2.75, 3.05) is 13.1 Å². The summed E-state index contributed by atoms with van der Waals surface area (Å²) < 4.78 is 5.18. The van der Waals surface area contributed by atoms with Gasteiger partial charge in [0.05, 0.1) is 11.8 Å². The molecule has 1 aromatic heterocycles. The highest BCUT2D eigenvalue weighted by Gasteiger charge is 2.42. The first kappa shape index (κ1) is 11.2. The number of likely N-dealkylation sites (tertiary alicyclic amines) is 1. The molecule has 1 amide bonds. The average molecular weight is 222 g/mol. The zero-order chi connectivity index (χ0) is 11.8. The number of nitrogens with two attached hydrogens (primary N) is 1. The summed E-state index contributed by atoms with van der Waals surface area (Å²) in [6.07, 6.45) is 3.57. The third kappa shape index (κ3) is 1.85. The lowest BCUT2D eigenvalue weighted by molar-refractivity contribution is 0.0356. The van der Waals surface area contributed by atoms with E-state index in [-0.39, 0.29) is 11.4 Å². The highest BCUT2D eigenvalue weighted by molar-refractivity contribution is 5.93. The lowest BCUT2D eigenvalue weighted by atomic mass is 9.86. The van der Waals surface area contributed by atoms with Gasteiger partial charge in [-0.15, -0.1) is 0 Å². The van der Waals surface area contributed by atoms with Gasteiger partial charge in [-0.05, 0) is 19.4 Å². The van der Waals surface area contributed by atoms with E-state index in [2.05, 4.69) is 6.92 Å². The Hall–Kier alpha value is -1.29. The van der Waals surface area contributed by atoms with Gasteiger partial charge in [0.15, 0.2) is 5.76 Å². The van der Waals surface area contributed by atoms with Crippen molar-refractivity contribution in [2.45, 2.75) is 32.2 Å². The van der Waals surface area contributed by atoms with Crippen LogP contribution in [0.1, 0.15) is 35.9 Å². The maximum atomic E-state index is 12.0. The normalized spacial score (nSPS) is 18.3. The van der Waals surface area contributed by atoms with Gasteiger partial charge in [0.2, 0.25) is 0 Å². The quantitative estimate of drug-likeness (QED) is 0.844. The fourth-order valence-corrected chi connectivity index (χ4v) is 2.25. The molecule has 1 aliphatic rings. The van der Waals surface area contributed by atoms with E-state index in [1.165, 1.54) is 0 Å². The highest BCUT2D eigenvalue weighted by Crippen LogP contribution is 2.25. The maximum absolute atomic E-state index is 12.0. The SMILES string of the molecule is CCCC1(N)CN(C(=O)c2occc2C)C1. The lowest BCUT2D eigenvalue weighted by Crippen LogP contribution is -2.68. The van der Waals surface area contributed by atoms with Crippen molar-refractivity contribution in [3.05, 3.63) is 23.7 Å². The predicted octanol–water partition coefficient (Wildman–Crippen LogP) is 1.54. The zero-order valence-electron chi connectivity index (χ0n) is 9.82. The van der Waals surface area contributed by atoms with Gasteiger partial charge >= 0.3 is 0 Å². The van der Waals surface area contributed by atoms with Gasteiger partial charge in [-0.25, -0.2) is 0 Å². The molecule has 2 N–H and O–H groups in total. The van der Waals surface area contributed by atoms with E-state index in [9.17, 15) is 4.79 Å². The van der Waals surface area contributed by atoms with Crippen LogP contribution in [0.15, 0.2) is 16.7 Å². The van der Waals surface area contributed by atoms with E-state index in [1.54, 1.807) is 17.2 Å². The van der Waals surface area contributed by atoms with Gasteiger partial charge < -0.3 is 15.1 Å². The number of aryl methyl sites for hydroxylation is 1. The van der Waals surface area contributed by atoms with E-state index in [0.717, 1.165) is 18.4 Å². The molecule has 0 radical (unpaired) electrons. The second-order valence-electron chi connectivity index (χ2n) is 4.71. The van der Waals surface area contributed by atoms with Crippen LogP contribution in [-0.4, -0.2) is 29.4 Å². The smallest absolute Gasteiger partial charge is 0.289 e. The van der Waals surface area contributed by atoms with E-state index < -0.39 is 0 Å². The van der Waals surface area contributed by atoms with Gasteiger partial charge in [0, 0.05) is 18.7 Å². The van der Waals surface area contributed by atoms with Crippen LogP contribution in [0.2, 0.25) is 0 Å².